The minimum Gasteiger partial charge on any atom is -0.415 e. The third kappa shape index (κ3) is 4.46. The van der Waals surface area contributed by atoms with E-state index in [1.165, 1.54) is 4.90 Å². The molecule has 0 spiro atoms. The SMILES string of the molecule is O=S(=O)(Cc1ccccc1)N1CC[NH+](Cc2nnc(-c3ccccc3)o2)CC1. The van der Waals surface area contributed by atoms with Gasteiger partial charge in [-0.2, -0.15) is 4.31 Å². The van der Waals surface area contributed by atoms with Crippen LogP contribution in [0, 0.1) is 0 Å². The Morgan fingerprint density at radius 1 is 0.929 bits per heavy atom. The standard InChI is InChI=1S/C20H22N4O3S/c25-28(26,16-17-7-3-1-4-8-17)24-13-11-23(12-14-24)15-19-21-22-20(27-19)18-9-5-2-6-10-18/h1-10H,11-16H2/p+1. The summed E-state index contributed by atoms with van der Waals surface area (Å²) in [6, 6.07) is 19.0. The highest BCUT2D eigenvalue weighted by Gasteiger charge is 2.30. The Balaban J connectivity index is 1.33. The zero-order valence-electron chi connectivity index (χ0n) is 15.5. The maximum absolute atomic E-state index is 12.7. The van der Waals surface area contributed by atoms with Crippen molar-refractivity contribution in [2.75, 3.05) is 26.2 Å². The molecule has 3 aromatic rings. The number of aromatic nitrogens is 2. The molecule has 0 amide bonds. The third-order valence-electron chi connectivity index (χ3n) is 4.90. The number of hydrogen-bond donors (Lipinski definition) is 1. The molecule has 0 atom stereocenters. The Bertz CT molecular complexity index is 998. The fraction of sp³-hybridized carbons (Fsp3) is 0.300. The molecule has 0 unspecified atom stereocenters. The normalized spacial score (nSPS) is 16.3. The monoisotopic (exact) mass is 399 g/mol. The Labute approximate surface area is 164 Å². The first-order valence-corrected chi connectivity index (χ1v) is 10.9. The van der Waals surface area contributed by atoms with E-state index >= 15 is 0 Å². The maximum atomic E-state index is 12.7. The van der Waals surface area contributed by atoms with Crippen LogP contribution < -0.4 is 4.90 Å². The number of hydrogen-bond acceptors (Lipinski definition) is 5. The summed E-state index contributed by atoms with van der Waals surface area (Å²) in [5.74, 6) is 1.14. The van der Waals surface area contributed by atoms with Gasteiger partial charge in [0, 0.05) is 5.56 Å². The van der Waals surface area contributed by atoms with Crippen LogP contribution in [0.1, 0.15) is 11.5 Å². The summed E-state index contributed by atoms with van der Waals surface area (Å²) in [4.78, 5) is 1.24. The molecule has 0 aliphatic carbocycles. The topological polar surface area (TPSA) is 80.7 Å². The van der Waals surface area contributed by atoms with Crippen LogP contribution in [0.25, 0.3) is 11.5 Å². The summed E-state index contributed by atoms with van der Waals surface area (Å²) in [7, 11) is -3.30. The summed E-state index contributed by atoms with van der Waals surface area (Å²) in [5, 5.41) is 8.26. The number of piperazine rings is 1. The Kier molecular flexibility index (Phi) is 5.52. The number of benzene rings is 2. The van der Waals surface area contributed by atoms with Gasteiger partial charge >= 0.3 is 0 Å². The molecule has 0 radical (unpaired) electrons. The molecule has 0 saturated carbocycles. The van der Waals surface area contributed by atoms with Gasteiger partial charge < -0.3 is 9.32 Å². The average molecular weight is 399 g/mol. The lowest BCUT2D eigenvalue weighted by Gasteiger charge is -2.30. The lowest BCUT2D eigenvalue weighted by atomic mass is 10.2. The minimum absolute atomic E-state index is 0.0489. The number of sulfonamides is 1. The van der Waals surface area contributed by atoms with Gasteiger partial charge in [0.1, 0.15) is 0 Å². The predicted octanol–water partition coefficient (Wildman–Crippen LogP) is 0.967. The highest BCUT2D eigenvalue weighted by Crippen LogP contribution is 2.16. The Morgan fingerprint density at radius 2 is 1.57 bits per heavy atom. The van der Waals surface area contributed by atoms with E-state index in [1.807, 2.05) is 60.7 Å². The summed E-state index contributed by atoms with van der Waals surface area (Å²) >= 11 is 0. The van der Waals surface area contributed by atoms with E-state index in [-0.39, 0.29) is 5.75 Å². The molecule has 8 heteroatoms. The molecule has 1 aliphatic rings. The fourth-order valence-corrected chi connectivity index (χ4v) is 4.90. The van der Waals surface area contributed by atoms with E-state index in [1.54, 1.807) is 4.31 Å². The van der Waals surface area contributed by atoms with E-state index in [4.69, 9.17) is 4.42 Å². The molecule has 2 heterocycles. The van der Waals surface area contributed by atoms with Gasteiger partial charge in [-0.25, -0.2) is 8.42 Å². The van der Waals surface area contributed by atoms with Crippen LogP contribution in [0.5, 0.6) is 0 Å². The highest BCUT2D eigenvalue weighted by molar-refractivity contribution is 7.88. The molecular weight excluding hydrogens is 376 g/mol. The van der Waals surface area contributed by atoms with Crippen molar-refractivity contribution in [3.63, 3.8) is 0 Å². The lowest BCUT2D eigenvalue weighted by molar-refractivity contribution is -0.918. The second-order valence-corrected chi connectivity index (χ2v) is 8.90. The van der Waals surface area contributed by atoms with Gasteiger partial charge in [0.15, 0.2) is 6.54 Å². The van der Waals surface area contributed by atoms with Crippen molar-refractivity contribution >= 4 is 10.0 Å². The first kappa shape index (κ1) is 18.8. The van der Waals surface area contributed by atoms with Gasteiger partial charge in [-0.3, -0.25) is 0 Å². The fourth-order valence-electron chi connectivity index (χ4n) is 3.37. The molecule has 1 saturated heterocycles. The average Bonchev–Trinajstić information content (AvgIpc) is 3.18. The quantitative estimate of drug-likeness (QED) is 0.668. The summed E-state index contributed by atoms with van der Waals surface area (Å²) in [5.41, 5.74) is 1.71. The van der Waals surface area contributed by atoms with Gasteiger partial charge in [0.25, 0.3) is 5.89 Å². The van der Waals surface area contributed by atoms with Crippen LogP contribution in [-0.2, 0) is 22.3 Å². The largest absolute Gasteiger partial charge is 0.415 e. The second kappa shape index (κ2) is 8.22. The van der Waals surface area contributed by atoms with Gasteiger partial charge in [-0.05, 0) is 17.7 Å². The molecule has 1 aromatic heterocycles. The first-order chi connectivity index (χ1) is 13.6. The number of nitrogens with zero attached hydrogens (tertiary/aromatic N) is 3. The van der Waals surface area contributed by atoms with Gasteiger partial charge in [0.05, 0.1) is 31.9 Å². The molecule has 0 bridgehead atoms. The first-order valence-electron chi connectivity index (χ1n) is 9.33. The van der Waals surface area contributed by atoms with Crippen LogP contribution in [0.15, 0.2) is 65.1 Å². The molecule has 1 aliphatic heterocycles. The van der Waals surface area contributed by atoms with Gasteiger partial charge in [0.2, 0.25) is 15.9 Å². The van der Waals surface area contributed by atoms with Crippen molar-refractivity contribution in [2.45, 2.75) is 12.3 Å². The van der Waals surface area contributed by atoms with E-state index in [0.29, 0.717) is 31.4 Å². The number of nitrogens with one attached hydrogen (secondary N) is 1. The minimum atomic E-state index is -3.30. The molecule has 4 rings (SSSR count). The molecule has 1 N–H and O–H groups in total. The summed E-state index contributed by atoms with van der Waals surface area (Å²) in [6.07, 6.45) is 0. The van der Waals surface area contributed by atoms with Crippen molar-refractivity contribution in [3.05, 3.63) is 72.1 Å². The Morgan fingerprint density at radius 3 is 2.25 bits per heavy atom. The van der Waals surface area contributed by atoms with Crippen LogP contribution in [0.2, 0.25) is 0 Å². The molecular formula is C20H23N4O3S+. The zero-order valence-corrected chi connectivity index (χ0v) is 16.3. The van der Waals surface area contributed by atoms with Crippen molar-refractivity contribution in [3.8, 4) is 11.5 Å². The number of rotatable bonds is 6. The van der Waals surface area contributed by atoms with E-state index in [2.05, 4.69) is 10.2 Å². The zero-order chi connectivity index (χ0) is 19.4. The van der Waals surface area contributed by atoms with Crippen molar-refractivity contribution in [1.82, 2.24) is 14.5 Å². The lowest BCUT2D eigenvalue weighted by Crippen LogP contribution is -3.13. The second-order valence-electron chi connectivity index (χ2n) is 6.93. The molecule has 7 nitrogen and oxygen atoms in total. The van der Waals surface area contributed by atoms with E-state index in [9.17, 15) is 8.42 Å². The van der Waals surface area contributed by atoms with Gasteiger partial charge in [-0.15, -0.1) is 10.2 Å². The van der Waals surface area contributed by atoms with Gasteiger partial charge in [-0.1, -0.05) is 48.5 Å². The molecule has 1 fully saturated rings. The number of quaternary nitrogens is 1. The van der Waals surface area contributed by atoms with Crippen molar-refractivity contribution < 1.29 is 17.7 Å². The van der Waals surface area contributed by atoms with Crippen molar-refractivity contribution in [2.24, 2.45) is 0 Å². The van der Waals surface area contributed by atoms with E-state index in [0.717, 1.165) is 24.2 Å². The maximum Gasteiger partial charge on any atom is 0.271 e. The van der Waals surface area contributed by atoms with Crippen LogP contribution in [0.3, 0.4) is 0 Å². The summed E-state index contributed by atoms with van der Waals surface area (Å²) in [6.45, 7) is 3.05. The third-order valence-corrected chi connectivity index (χ3v) is 6.75. The predicted molar refractivity (Wildman–Crippen MR) is 105 cm³/mol. The smallest absolute Gasteiger partial charge is 0.271 e. The van der Waals surface area contributed by atoms with E-state index < -0.39 is 10.0 Å². The van der Waals surface area contributed by atoms with Crippen molar-refractivity contribution in [1.29, 1.82) is 0 Å². The summed E-state index contributed by atoms with van der Waals surface area (Å²) < 4.78 is 32.7. The molecule has 28 heavy (non-hydrogen) atoms. The highest BCUT2D eigenvalue weighted by atomic mass is 32.2. The van der Waals surface area contributed by atoms with Crippen LogP contribution in [0.4, 0.5) is 0 Å². The Hall–Kier alpha value is -2.55. The van der Waals surface area contributed by atoms with Crippen LogP contribution in [-0.4, -0.2) is 49.1 Å². The molecule has 2 aromatic carbocycles. The van der Waals surface area contributed by atoms with Crippen LogP contribution >= 0.6 is 0 Å². The molecule has 146 valence electrons.